The van der Waals surface area contributed by atoms with Crippen LogP contribution < -0.4 is 9.47 Å². The first-order valence-electron chi connectivity index (χ1n) is 6.62. The lowest BCUT2D eigenvalue weighted by Gasteiger charge is -2.15. The third-order valence-electron chi connectivity index (χ3n) is 2.63. The van der Waals surface area contributed by atoms with Crippen molar-refractivity contribution in [3.05, 3.63) is 22.2 Å². The fourth-order valence-electron chi connectivity index (χ4n) is 1.92. The molecule has 19 heavy (non-hydrogen) atoms. The van der Waals surface area contributed by atoms with Gasteiger partial charge in [0.05, 0.1) is 17.7 Å². The van der Waals surface area contributed by atoms with Gasteiger partial charge in [0, 0.05) is 12.0 Å². The van der Waals surface area contributed by atoms with Crippen molar-refractivity contribution < 1.29 is 9.47 Å². The van der Waals surface area contributed by atoms with Crippen molar-refractivity contribution in [3.8, 4) is 23.3 Å². The van der Waals surface area contributed by atoms with Gasteiger partial charge in [-0.2, -0.15) is 0 Å². The smallest absolute Gasteiger partial charge is 0.137 e. The molecule has 0 saturated carbocycles. The summed E-state index contributed by atoms with van der Waals surface area (Å²) in [4.78, 5) is 0. The van der Waals surface area contributed by atoms with Gasteiger partial charge in [-0.3, -0.25) is 0 Å². The number of halogens is 1. The highest BCUT2D eigenvalue weighted by Crippen LogP contribution is 2.34. The lowest BCUT2D eigenvalue weighted by Crippen LogP contribution is -2.03. The lowest BCUT2D eigenvalue weighted by molar-refractivity contribution is 0.319. The van der Waals surface area contributed by atoms with Gasteiger partial charge >= 0.3 is 0 Å². The Kier molecular flexibility index (Phi) is 6.80. The van der Waals surface area contributed by atoms with E-state index in [0.29, 0.717) is 19.1 Å². The molecule has 0 N–H and O–H groups in total. The summed E-state index contributed by atoms with van der Waals surface area (Å²) in [5, 5.41) is 0. The standard InChI is InChI=1S/C16H21BrO2/c1-5-8-12(4)9-13-10-14(17)16(19-7-3)11-15(13)18-6-2/h10-12H,6-7,9H2,1-4H3. The van der Waals surface area contributed by atoms with Crippen molar-refractivity contribution in [1.29, 1.82) is 0 Å². The Balaban J connectivity index is 3.06. The molecule has 0 fully saturated rings. The topological polar surface area (TPSA) is 18.5 Å². The second-order valence-corrected chi connectivity index (χ2v) is 5.11. The van der Waals surface area contributed by atoms with Crippen molar-refractivity contribution >= 4 is 15.9 Å². The largest absolute Gasteiger partial charge is 0.493 e. The summed E-state index contributed by atoms with van der Waals surface area (Å²) in [7, 11) is 0. The van der Waals surface area contributed by atoms with Gasteiger partial charge in [-0.25, -0.2) is 0 Å². The van der Waals surface area contributed by atoms with Crippen LogP contribution in [0.3, 0.4) is 0 Å². The van der Waals surface area contributed by atoms with Crippen LogP contribution in [0.25, 0.3) is 0 Å². The van der Waals surface area contributed by atoms with Crippen LogP contribution in [0, 0.1) is 17.8 Å². The Labute approximate surface area is 124 Å². The summed E-state index contributed by atoms with van der Waals surface area (Å²) in [6, 6.07) is 4.03. The first-order valence-corrected chi connectivity index (χ1v) is 7.41. The predicted molar refractivity (Wildman–Crippen MR) is 82.8 cm³/mol. The quantitative estimate of drug-likeness (QED) is 0.720. The number of hydrogen-bond acceptors (Lipinski definition) is 2. The SMILES string of the molecule is CC#CC(C)Cc1cc(Br)c(OCC)cc1OCC. The van der Waals surface area contributed by atoms with E-state index < -0.39 is 0 Å². The lowest BCUT2D eigenvalue weighted by atomic mass is 10.0. The van der Waals surface area contributed by atoms with Crippen LogP contribution >= 0.6 is 15.9 Å². The summed E-state index contributed by atoms with van der Waals surface area (Å²) >= 11 is 3.55. The zero-order valence-electron chi connectivity index (χ0n) is 12.0. The molecule has 0 spiro atoms. The van der Waals surface area contributed by atoms with E-state index in [-0.39, 0.29) is 0 Å². The molecule has 2 nitrogen and oxygen atoms in total. The van der Waals surface area contributed by atoms with E-state index in [1.165, 1.54) is 0 Å². The highest BCUT2D eigenvalue weighted by atomic mass is 79.9. The fraction of sp³-hybridized carbons (Fsp3) is 0.500. The number of ether oxygens (including phenoxy) is 2. The van der Waals surface area contributed by atoms with Crippen LogP contribution in [-0.4, -0.2) is 13.2 Å². The summed E-state index contributed by atoms with van der Waals surface area (Å²) in [6.07, 6.45) is 0.876. The Bertz CT molecular complexity index is 472. The Morgan fingerprint density at radius 1 is 1.16 bits per heavy atom. The summed E-state index contributed by atoms with van der Waals surface area (Å²) < 4.78 is 12.2. The van der Waals surface area contributed by atoms with E-state index in [1.807, 2.05) is 26.8 Å². The molecule has 0 aliphatic carbocycles. The summed E-state index contributed by atoms with van der Waals surface area (Å²) in [6.45, 7) is 9.24. The van der Waals surface area contributed by atoms with Crippen molar-refractivity contribution in [2.75, 3.05) is 13.2 Å². The van der Waals surface area contributed by atoms with Gasteiger partial charge in [0.25, 0.3) is 0 Å². The zero-order valence-corrected chi connectivity index (χ0v) is 13.6. The molecule has 0 bridgehead atoms. The van der Waals surface area contributed by atoms with E-state index >= 15 is 0 Å². The number of hydrogen-bond donors (Lipinski definition) is 0. The van der Waals surface area contributed by atoms with Crippen LogP contribution in [0.5, 0.6) is 11.5 Å². The minimum atomic E-state index is 0.314. The molecule has 0 aromatic heterocycles. The predicted octanol–water partition coefficient (Wildman–Crippen LogP) is 4.45. The summed E-state index contributed by atoms with van der Waals surface area (Å²) in [5.41, 5.74) is 1.16. The van der Waals surface area contributed by atoms with Crippen LogP contribution in [-0.2, 0) is 6.42 Å². The molecular weight excluding hydrogens is 304 g/mol. The minimum Gasteiger partial charge on any atom is -0.493 e. The monoisotopic (exact) mass is 324 g/mol. The first kappa shape index (κ1) is 15.9. The van der Waals surface area contributed by atoms with Crippen molar-refractivity contribution in [2.24, 2.45) is 5.92 Å². The van der Waals surface area contributed by atoms with E-state index in [4.69, 9.17) is 9.47 Å². The maximum Gasteiger partial charge on any atom is 0.137 e. The molecule has 1 aromatic carbocycles. The summed E-state index contributed by atoms with van der Waals surface area (Å²) in [5.74, 6) is 8.15. The zero-order chi connectivity index (χ0) is 14.3. The van der Waals surface area contributed by atoms with Crippen molar-refractivity contribution in [3.63, 3.8) is 0 Å². The van der Waals surface area contributed by atoms with Gasteiger partial charge in [-0.05, 0) is 54.8 Å². The van der Waals surface area contributed by atoms with Crippen LogP contribution in [0.2, 0.25) is 0 Å². The fourth-order valence-corrected chi connectivity index (χ4v) is 2.42. The molecule has 1 aromatic rings. The molecule has 0 saturated heterocycles. The van der Waals surface area contributed by atoms with Crippen LogP contribution in [0.15, 0.2) is 16.6 Å². The third-order valence-corrected chi connectivity index (χ3v) is 3.25. The Morgan fingerprint density at radius 3 is 2.37 bits per heavy atom. The molecule has 1 atom stereocenters. The molecule has 1 unspecified atom stereocenters. The maximum atomic E-state index is 5.71. The van der Waals surface area contributed by atoms with Crippen molar-refractivity contribution in [1.82, 2.24) is 0 Å². The van der Waals surface area contributed by atoms with Gasteiger partial charge in [0.2, 0.25) is 0 Å². The van der Waals surface area contributed by atoms with Gasteiger partial charge in [0.1, 0.15) is 11.5 Å². The van der Waals surface area contributed by atoms with E-state index in [1.54, 1.807) is 0 Å². The number of benzene rings is 1. The minimum absolute atomic E-state index is 0.314. The Morgan fingerprint density at radius 2 is 1.79 bits per heavy atom. The molecular formula is C16H21BrO2. The first-order chi connectivity index (χ1) is 9.12. The average molecular weight is 325 g/mol. The molecule has 3 heteroatoms. The molecule has 104 valence electrons. The third kappa shape index (κ3) is 4.80. The van der Waals surface area contributed by atoms with Gasteiger partial charge < -0.3 is 9.47 Å². The second kappa shape index (κ2) is 8.12. The van der Waals surface area contributed by atoms with Crippen molar-refractivity contribution in [2.45, 2.75) is 34.1 Å². The molecule has 1 rings (SSSR count). The molecule has 0 aliphatic heterocycles. The van der Waals surface area contributed by atoms with Gasteiger partial charge in [-0.1, -0.05) is 6.92 Å². The molecule has 0 aliphatic rings. The molecule has 0 amide bonds. The molecule has 0 heterocycles. The van der Waals surface area contributed by atoms with E-state index in [9.17, 15) is 0 Å². The maximum absolute atomic E-state index is 5.71. The Hall–Kier alpha value is -1.14. The van der Waals surface area contributed by atoms with Gasteiger partial charge in [-0.15, -0.1) is 11.8 Å². The van der Waals surface area contributed by atoms with Gasteiger partial charge in [0.15, 0.2) is 0 Å². The highest BCUT2D eigenvalue weighted by molar-refractivity contribution is 9.10. The van der Waals surface area contributed by atoms with Crippen LogP contribution in [0.1, 0.15) is 33.3 Å². The number of rotatable bonds is 6. The normalized spacial score (nSPS) is 11.4. The van der Waals surface area contributed by atoms with E-state index in [0.717, 1.165) is 28.0 Å². The van der Waals surface area contributed by atoms with Crippen LogP contribution in [0.4, 0.5) is 0 Å². The average Bonchev–Trinajstić information content (AvgIpc) is 2.35. The molecule has 0 radical (unpaired) electrons. The van der Waals surface area contributed by atoms with E-state index in [2.05, 4.69) is 40.8 Å². The second-order valence-electron chi connectivity index (χ2n) is 4.26. The highest BCUT2D eigenvalue weighted by Gasteiger charge is 2.12.